The Labute approximate surface area is 122 Å². The van der Waals surface area contributed by atoms with Gasteiger partial charge in [-0.05, 0) is 37.6 Å². The molecule has 106 valence electrons. The molecule has 0 saturated heterocycles. The minimum absolute atomic E-state index is 0.762. The number of likely N-dealkylation sites (N-methyl/N-ethyl adjacent to an activating group) is 1. The van der Waals surface area contributed by atoms with Gasteiger partial charge >= 0.3 is 0 Å². The van der Waals surface area contributed by atoms with E-state index in [-0.39, 0.29) is 0 Å². The summed E-state index contributed by atoms with van der Waals surface area (Å²) in [6.45, 7) is 3.18. The van der Waals surface area contributed by atoms with Crippen molar-refractivity contribution in [2.24, 2.45) is 0 Å². The van der Waals surface area contributed by atoms with Crippen molar-refractivity contribution in [2.45, 2.75) is 44.7 Å². The van der Waals surface area contributed by atoms with E-state index in [1.165, 1.54) is 37.7 Å². The Kier molecular flexibility index (Phi) is 6.15. The SMILES string of the molecule is CN(CCNC1CCCCC1)Cc1ccc(Cl)cc1. The second kappa shape index (κ2) is 7.88. The maximum atomic E-state index is 5.89. The molecule has 1 fully saturated rings. The Morgan fingerprint density at radius 2 is 1.84 bits per heavy atom. The topological polar surface area (TPSA) is 15.3 Å². The fourth-order valence-corrected chi connectivity index (χ4v) is 2.87. The highest BCUT2D eigenvalue weighted by Gasteiger charge is 2.12. The van der Waals surface area contributed by atoms with Gasteiger partial charge in [0, 0.05) is 30.7 Å². The summed E-state index contributed by atoms with van der Waals surface area (Å²) in [5.74, 6) is 0. The fourth-order valence-electron chi connectivity index (χ4n) is 2.75. The van der Waals surface area contributed by atoms with Gasteiger partial charge in [0.05, 0.1) is 0 Å². The van der Waals surface area contributed by atoms with Gasteiger partial charge in [0.2, 0.25) is 0 Å². The molecule has 1 aliphatic rings. The van der Waals surface area contributed by atoms with Crippen LogP contribution in [0, 0.1) is 0 Å². The van der Waals surface area contributed by atoms with Gasteiger partial charge in [-0.1, -0.05) is 43.0 Å². The Hall–Kier alpha value is -0.570. The van der Waals surface area contributed by atoms with E-state index in [9.17, 15) is 0 Å². The van der Waals surface area contributed by atoms with Crippen LogP contribution in [-0.4, -0.2) is 31.1 Å². The van der Waals surface area contributed by atoms with Crippen molar-refractivity contribution in [2.75, 3.05) is 20.1 Å². The maximum absolute atomic E-state index is 5.89. The largest absolute Gasteiger partial charge is 0.313 e. The average molecular weight is 281 g/mol. The van der Waals surface area contributed by atoms with Crippen LogP contribution in [0.2, 0.25) is 5.02 Å². The Bertz CT molecular complexity index is 358. The first-order valence-corrected chi connectivity index (χ1v) is 7.78. The lowest BCUT2D eigenvalue weighted by Gasteiger charge is -2.24. The predicted octanol–water partition coefficient (Wildman–Crippen LogP) is 3.69. The minimum Gasteiger partial charge on any atom is -0.313 e. The second-order valence-corrected chi connectivity index (χ2v) is 6.09. The van der Waals surface area contributed by atoms with Gasteiger partial charge in [0.1, 0.15) is 0 Å². The van der Waals surface area contributed by atoms with Crippen LogP contribution in [0.1, 0.15) is 37.7 Å². The van der Waals surface area contributed by atoms with Crippen LogP contribution in [0.3, 0.4) is 0 Å². The van der Waals surface area contributed by atoms with E-state index < -0.39 is 0 Å². The molecule has 1 aromatic rings. The van der Waals surface area contributed by atoms with Crippen LogP contribution in [0.25, 0.3) is 0 Å². The van der Waals surface area contributed by atoms with E-state index in [0.29, 0.717) is 0 Å². The van der Waals surface area contributed by atoms with Crippen LogP contribution in [0.5, 0.6) is 0 Å². The number of halogens is 1. The van der Waals surface area contributed by atoms with Crippen molar-refractivity contribution in [3.8, 4) is 0 Å². The van der Waals surface area contributed by atoms with Crippen molar-refractivity contribution < 1.29 is 0 Å². The highest BCUT2D eigenvalue weighted by molar-refractivity contribution is 6.30. The fraction of sp³-hybridized carbons (Fsp3) is 0.625. The highest BCUT2D eigenvalue weighted by atomic mass is 35.5. The molecule has 2 nitrogen and oxygen atoms in total. The standard InChI is InChI=1S/C16H25ClN2/c1-19(13-14-7-9-15(17)10-8-14)12-11-18-16-5-3-2-4-6-16/h7-10,16,18H,2-6,11-13H2,1H3. The normalized spacial score (nSPS) is 17.0. The number of nitrogens with one attached hydrogen (secondary N) is 1. The van der Waals surface area contributed by atoms with Crippen molar-refractivity contribution in [3.63, 3.8) is 0 Å². The average Bonchev–Trinajstić information content (AvgIpc) is 2.43. The third-order valence-electron chi connectivity index (χ3n) is 3.90. The van der Waals surface area contributed by atoms with E-state index in [2.05, 4.69) is 29.4 Å². The van der Waals surface area contributed by atoms with Crippen LogP contribution < -0.4 is 5.32 Å². The number of hydrogen-bond donors (Lipinski definition) is 1. The molecule has 0 radical (unpaired) electrons. The molecule has 0 unspecified atom stereocenters. The molecule has 2 rings (SSSR count). The lowest BCUT2D eigenvalue weighted by molar-refractivity contribution is 0.300. The van der Waals surface area contributed by atoms with E-state index in [0.717, 1.165) is 30.7 Å². The molecule has 3 heteroatoms. The Morgan fingerprint density at radius 1 is 1.16 bits per heavy atom. The first kappa shape index (κ1) is 14.8. The van der Waals surface area contributed by atoms with E-state index in [1.54, 1.807) is 0 Å². The molecule has 0 aliphatic heterocycles. The van der Waals surface area contributed by atoms with E-state index >= 15 is 0 Å². The van der Waals surface area contributed by atoms with Gasteiger partial charge in [-0.15, -0.1) is 0 Å². The summed E-state index contributed by atoms with van der Waals surface area (Å²) >= 11 is 5.89. The first-order valence-electron chi connectivity index (χ1n) is 7.40. The van der Waals surface area contributed by atoms with Gasteiger partial charge in [-0.3, -0.25) is 0 Å². The third-order valence-corrected chi connectivity index (χ3v) is 4.15. The number of rotatable bonds is 6. The number of hydrogen-bond acceptors (Lipinski definition) is 2. The third kappa shape index (κ3) is 5.52. The molecule has 1 saturated carbocycles. The number of benzene rings is 1. The van der Waals surface area contributed by atoms with Crippen LogP contribution in [0.4, 0.5) is 0 Å². The second-order valence-electron chi connectivity index (χ2n) is 5.65. The molecule has 0 atom stereocenters. The molecule has 19 heavy (non-hydrogen) atoms. The van der Waals surface area contributed by atoms with Crippen LogP contribution in [-0.2, 0) is 6.54 Å². The zero-order valence-corrected chi connectivity index (χ0v) is 12.6. The molecule has 0 amide bonds. The van der Waals surface area contributed by atoms with Crippen molar-refractivity contribution in [1.29, 1.82) is 0 Å². The molecule has 0 aromatic heterocycles. The minimum atomic E-state index is 0.762. The highest BCUT2D eigenvalue weighted by Crippen LogP contribution is 2.17. The lowest BCUT2D eigenvalue weighted by Crippen LogP contribution is -2.36. The van der Waals surface area contributed by atoms with Gasteiger partial charge in [-0.25, -0.2) is 0 Å². The zero-order chi connectivity index (χ0) is 13.5. The molecule has 0 spiro atoms. The molecular weight excluding hydrogens is 256 g/mol. The monoisotopic (exact) mass is 280 g/mol. The van der Waals surface area contributed by atoms with Crippen LogP contribution >= 0.6 is 11.6 Å². The van der Waals surface area contributed by atoms with Gasteiger partial charge < -0.3 is 10.2 Å². The van der Waals surface area contributed by atoms with Crippen molar-refractivity contribution in [3.05, 3.63) is 34.9 Å². The first-order chi connectivity index (χ1) is 9.24. The van der Waals surface area contributed by atoms with Crippen LogP contribution in [0.15, 0.2) is 24.3 Å². The molecular formula is C16H25ClN2. The smallest absolute Gasteiger partial charge is 0.0406 e. The summed E-state index contributed by atoms with van der Waals surface area (Å²) in [5.41, 5.74) is 1.32. The Morgan fingerprint density at radius 3 is 2.53 bits per heavy atom. The van der Waals surface area contributed by atoms with Gasteiger partial charge in [0.15, 0.2) is 0 Å². The lowest BCUT2D eigenvalue weighted by atomic mass is 9.95. The summed E-state index contributed by atoms with van der Waals surface area (Å²) in [6.07, 6.45) is 6.95. The summed E-state index contributed by atoms with van der Waals surface area (Å²) in [7, 11) is 2.18. The quantitative estimate of drug-likeness (QED) is 0.855. The van der Waals surface area contributed by atoms with E-state index in [4.69, 9.17) is 11.6 Å². The molecule has 1 aromatic carbocycles. The molecule has 0 bridgehead atoms. The van der Waals surface area contributed by atoms with Gasteiger partial charge in [0.25, 0.3) is 0 Å². The van der Waals surface area contributed by atoms with Crippen molar-refractivity contribution >= 4 is 11.6 Å². The van der Waals surface area contributed by atoms with E-state index in [1.807, 2.05) is 12.1 Å². The Balaban J connectivity index is 1.63. The maximum Gasteiger partial charge on any atom is 0.0406 e. The molecule has 0 heterocycles. The zero-order valence-electron chi connectivity index (χ0n) is 11.9. The summed E-state index contributed by atoms with van der Waals surface area (Å²) in [6, 6.07) is 8.90. The predicted molar refractivity (Wildman–Crippen MR) is 82.7 cm³/mol. The summed E-state index contributed by atoms with van der Waals surface area (Å²) in [5, 5.41) is 4.50. The summed E-state index contributed by atoms with van der Waals surface area (Å²) < 4.78 is 0. The molecule has 1 aliphatic carbocycles. The van der Waals surface area contributed by atoms with Gasteiger partial charge in [-0.2, -0.15) is 0 Å². The number of nitrogens with zero attached hydrogens (tertiary/aromatic N) is 1. The molecule has 1 N–H and O–H groups in total. The summed E-state index contributed by atoms with van der Waals surface area (Å²) in [4.78, 5) is 2.36. The van der Waals surface area contributed by atoms with Crippen molar-refractivity contribution in [1.82, 2.24) is 10.2 Å².